The van der Waals surface area contributed by atoms with Crippen LogP contribution >= 0.6 is 15.9 Å². The number of hydrogen-bond acceptors (Lipinski definition) is 5. The zero-order chi connectivity index (χ0) is 14.6. The summed E-state index contributed by atoms with van der Waals surface area (Å²) in [5, 5.41) is 21.1. The highest BCUT2D eigenvalue weighted by molar-refractivity contribution is 9.10. The normalized spacial score (nSPS) is 15.9. The summed E-state index contributed by atoms with van der Waals surface area (Å²) in [6.07, 6.45) is 6.18. The number of aromatic amines is 1. The lowest BCUT2D eigenvalue weighted by molar-refractivity contribution is -0.122. The molecule has 0 atom stereocenters. The van der Waals surface area contributed by atoms with E-state index in [-0.39, 0.29) is 6.47 Å². The number of H-pyrrole nitrogens is 1. The number of carbonyl (C=O) groups is 1. The Morgan fingerprint density at radius 3 is 2.80 bits per heavy atom. The van der Waals surface area contributed by atoms with Gasteiger partial charge in [0.05, 0.1) is 11.0 Å². The number of rotatable bonds is 3. The first-order valence-electron chi connectivity index (χ1n) is 6.11. The van der Waals surface area contributed by atoms with E-state index in [1.165, 1.54) is 6.33 Å². The fourth-order valence-electron chi connectivity index (χ4n) is 2.07. The summed E-state index contributed by atoms with van der Waals surface area (Å²) >= 11 is 3.46. The van der Waals surface area contributed by atoms with Crippen molar-refractivity contribution >= 4 is 39.3 Å². The molecular formula is C12H15BrN4O3. The summed E-state index contributed by atoms with van der Waals surface area (Å²) < 4.78 is 0.927. The summed E-state index contributed by atoms with van der Waals surface area (Å²) in [4.78, 5) is 19.8. The third-order valence-corrected chi connectivity index (χ3v) is 3.92. The molecule has 2 heterocycles. The van der Waals surface area contributed by atoms with E-state index in [0.717, 1.165) is 40.6 Å². The van der Waals surface area contributed by atoms with Crippen LogP contribution in [-0.4, -0.2) is 43.8 Å². The Labute approximate surface area is 123 Å². The molecule has 1 fully saturated rings. The molecule has 7 nitrogen and oxygen atoms in total. The van der Waals surface area contributed by atoms with Crippen LogP contribution in [0.15, 0.2) is 17.0 Å². The van der Waals surface area contributed by atoms with Gasteiger partial charge in [0.2, 0.25) is 0 Å². The third kappa shape index (κ3) is 3.07. The number of hydrogen-bond donors (Lipinski definition) is 4. The van der Waals surface area contributed by atoms with Crippen molar-refractivity contribution in [2.45, 2.75) is 24.9 Å². The van der Waals surface area contributed by atoms with Gasteiger partial charge in [-0.05, 0) is 35.2 Å². The highest BCUT2D eigenvalue weighted by Crippen LogP contribution is 2.33. The number of anilines is 1. The van der Waals surface area contributed by atoms with Gasteiger partial charge in [0.15, 0.2) is 0 Å². The average Bonchev–Trinajstić information content (AvgIpc) is 2.78. The van der Waals surface area contributed by atoms with E-state index in [1.54, 1.807) is 0 Å². The third-order valence-electron chi connectivity index (χ3n) is 3.29. The first kappa shape index (κ1) is 14.7. The number of aliphatic hydroxyl groups is 1. The molecule has 4 N–H and O–H groups in total. The van der Waals surface area contributed by atoms with Gasteiger partial charge in [-0.2, -0.15) is 0 Å². The molecule has 0 aromatic carbocycles. The quantitative estimate of drug-likeness (QED) is 0.632. The van der Waals surface area contributed by atoms with E-state index < -0.39 is 5.60 Å². The molecule has 0 unspecified atom stereocenters. The molecule has 1 aliphatic rings. The van der Waals surface area contributed by atoms with Crippen LogP contribution in [-0.2, 0) is 4.79 Å². The van der Waals surface area contributed by atoms with Crippen LogP contribution in [0.25, 0.3) is 11.0 Å². The van der Waals surface area contributed by atoms with Gasteiger partial charge >= 0.3 is 0 Å². The van der Waals surface area contributed by atoms with Gasteiger partial charge in [-0.25, -0.2) is 9.97 Å². The van der Waals surface area contributed by atoms with E-state index in [0.29, 0.717) is 6.54 Å². The van der Waals surface area contributed by atoms with Crippen LogP contribution in [0.3, 0.4) is 0 Å². The van der Waals surface area contributed by atoms with Crippen molar-refractivity contribution in [3.63, 3.8) is 0 Å². The molecule has 0 aliphatic heterocycles. The van der Waals surface area contributed by atoms with Crippen molar-refractivity contribution in [2.75, 3.05) is 11.9 Å². The maximum Gasteiger partial charge on any atom is 0.290 e. The van der Waals surface area contributed by atoms with Crippen molar-refractivity contribution in [3.8, 4) is 0 Å². The molecule has 0 radical (unpaired) electrons. The van der Waals surface area contributed by atoms with Crippen LogP contribution in [0.1, 0.15) is 19.3 Å². The van der Waals surface area contributed by atoms with Gasteiger partial charge in [-0.1, -0.05) is 0 Å². The smallest absolute Gasteiger partial charge is 0.290 e. The lowest BCUT2D eigenvalue weighted by Gasteiger charge is -2.36. The van der Waals surface area contributed by atoms with Crippen molar-refractivity contribution in [1.82, 2.24) is 15.0 Å². The Balaban J connectivity index is 0.000000452. The summed E-state index contributed by atoms with van der Waals surface area (Å²) in [6, 6.07) is 0. The van der Waals surface area contributed by atoms with Gasteiger partial charge in [-0.3, -0.25) is 4.79 Å². The topological polar surface area (TPSA) is 111 Å². The Bertz CT molecular complexity index is 597. The van der Waals surface area contributed by atoms with Gasteiger partial charge in [-0.15, -0.1) is 0 Å². The minimum Gasteiger partial charge on any atom is -0.483 e. The largest absolute Gasteiger partial charge is 0.483 e. The van der Waals surface area contributed by atoms with Crippen molar-refractivity contribution < 1.29 is 15.0 Å². The zero-order valence-corrected chi connectivity index (χ0v) is 12.2. The molecule has 0 amide bonds. The number of nitrogens with one attached hydrogen (secondary N) is 2. The van der Waals surface area contributed by atoms with E-state index in [1.807, 2.05) is 6.20 Å². The molecule has 108 valence electrons. The zero-order valence-electron chi connectivity index (χ0n) is 10.6. The molecule has 20 heavy (non-hydrogen) atoms. The van der Waals surface area contributed by atoms with Crippen LogP contribution in [0.2, 0.25) is 0 Å². The average molecular weight is 343 g/mol. The highest BCUT2D eigenvalue weighted by Gasteiger charge is 2.34. The maximum atomic E-state index is 10.0. The number of carboxylic acid groups (broad SMARTS) is 1. The Morgan fingerprint density at radius 2 is 2.20 bits per heavy atom. The van der Waals surface area contributed by atoms with Crippen LogP contribution in [0.5, 0.6) is 0 Å². The first-order valence-corrected chi connectivity index (χ1v) is 6.90. The Kier molecular flexibility index (Phi) is 4.56. The second-order valence-electron chi connectivity index (χ2n) is 4.62. The fourth-order valence-corrected chi connectivity index (χ4v) is 2.56. The number of halogens is 1. The molecule has 2 aromatic heterocycles. The standard InChI is InChI=1S/C11H13BrN4O.CH2O2/c12-7-4-13-9-8(7)10(16-6-15-9)14-5-11(17)2-1-3-11;2-1-3/h4,6,17H,1-3,5H2,(H2,13,14,15,16);1H,(H,2,3). The molecule has 3 rings (SSSR count). The second kappa shape index (κ2) is 6.19. The Hall–Kier alpha value is -1.67. The number of nitrogens with zero attached hydrogens (tertiary/aromatic N) is 2. The van der Waals surface area contributed by atoms with Gasteiger partial charge in [0, 0.05) is 17.2 Å². The minimum absolute atomic E-state index is 0.250. The van der Waals surface area contributed by atoms with Gasteiger partial charge in [0.1, 0.15) is 17.8 Å². The molecule has 2 aromatic rings. The summed E-state index contributed by atoms with van der Waals surface area (Å²) in [5.41, 5.74) is 0.232. The molecule has 8 heteroatoms. The van der Waals surface area contributed by atoms with E-state index in [4.69, 9.17) is 9.90 Å². The monoisotopic (exact) mass is 342 g/mol. The van der Waals surface area contributed by atoms with Crippen LogP contribution in [0, 0.1) is 0 Å². The summed E-state index contributed by atoms with van der Waals surface area (Å²) in [5.74, 6) is 0.753. The lowest BCUT2D eigenvalue weighted by atomic mass is 9.80. The van der Waals surface area contributed by atoms with Crippen molar-refractivity contribution in [3.05, 3.63) is 17.0 Å². The molecule has 0 bridgehead atoms. The molecule has 0 spiro atoms. The first-order chi connectivity index (χ1) is 9.59. The van der Waals surface area contributed by atoms with Gasteiger partial charge in [0.25, 0.3) is 6.47 Å². The highest BCUT2D eigenvalue weighted by atomic mass is 79.9. The Morgan fingerprint density at radius 1 is 1.50 bits per heavy atom. The maximum absolute atomic E-state index is 10.0. The SMILES string of the molecule is O=CO.OC1(CNc2ncnc3[nH]cc(Br)c23)CCC1. The van der Waals surface area contributed by atoms with Gasteiger partial charge < -0.3 is 20.5 Å². The minimum atomic E-state index is -0.555. The summed E-state index contributed by atoms with van der Waals surface area (Å²) in [6.45, 7) is 0.288. The van der Waals surface area contributed by atoms with Crippen molar-refractivity contribution in [2.24, 2.45) is 0 Å². The van der Waals surface area contributed by atoms with Crippen molar-refractivity contribution in [1.29, 1.82) is 0 Å². The lowest BCUT2D eigenvalue weighted by Crippen LogP contribution is -2.43. The van der Waals surface area contributed by atoms with E-state index in [9.17, 15) is 5.11 Å². The molecule has 1 saturated carbocycles. The number of fused-ring (bicyclic) bond motifs is 1. The second-order valence-corrected chi connectivity index (χ2v) is 5.47. The van der Waals surface area contributed by atoms with Crippen LogP contribution in [0.4, 0.5) is 5.82 Å². The van der Waals surface area contributed by atoms with E-state index >= 15 is 0 Å². The summed E-state index contributed by atoms with van der Waals surface area (Å²) in [7, 11) is 0. The fraction of sp³-hybridized carbons (Fsp3) is 0.417. The van der Waals surface area contributed by atoms with E-state index in [2.05, 4.69) is 36.2 Å². The molecule has 1 aliphatic carbocycles. The van der Waals surface area contributed by atoms with Crippen LogP contribution < -0.4 is 5.32 Å². The number of aromatic nitrogens is 3. The molecular weight excluding hydrogens is 328 g/mol. The predicted molar refractivity (Wildman–Crippen MR) is 77.6 cm³/mol. The molecule has 0 saturated heterocycles. The predicted octanol–water partition coefficient (Wildman–Crippen LogP) is 1.75.